The Morgan fingerprint density at radius 3 is 2.41 bits per heavy atom. The van der Waals surface area contributed by atoms with E-state index in [0.29, 0.717) is 10.7 Å². The highest BCUT2D eigenvalue weighted by molar-refractivity contribution is 6.30. The van der Waals surface area contributed by atoms with Crippen molar-refractivity contribution in [3.05, 3.63) is 40.7 Å². The first kappa shape index (κ1) is 11.5. The third kappa shape index (κ3) is 1.97. The highest BCUT2D eigenvalue weighted by Gasteiger charge is 2.33. The summed E-state index contributed by atoms with van der Waals surface area (Å²) in [6.45, 7) is 0. The van der Waals surface area contributed by atoms with Crippen LogP contribution in [0, 0.1) is 0 Å². The summed E-state index contributed by atoms with van der Waals surface area (Å²) in [5.74, 6) is -1.57. The number of nitrogens with zero attached hydrogens (tertiary/aromatic N) is 1. The summed E-state index contributed by atoms with van der Waals surface area (Å²) in [7, 11) is 0. The zero-order valence-electron chi connectivity index (χ0n) is 8.68. The number of carboxylic acid groups (broad SMARTS) is 1. The molecule has 0 saturated carbocycles. The smallest absolute Gasteiger partial charge is 0.335 e. The van der Waals surface area contributed by atoms with Gasteiger partial charge in [0.05, 0.1) is 17.7 Å². The molecule has 88 valence electrons. The zero-order chi connectivity index (χ0) is 12.6. The molecule has 6 heteroatoms. The predicted octanol–water partition coefficient (Wildman–Crippen LogP) is 1.33. The molecular formula is C11H9ClN2O3. The molecule has 0 unspecified atom stereocenters. The van der Waals surface area contributed by atoms with E-state index in [9.17, 15) is 9.59 Å². The maximum Gasteiger partial charge on any atom is 0.335 e. The van der Waals surface area contributed by atoms with Crippen LogP contribution in [0.1, 0.15) is 6.42 Å². The number of benzene rings is 1. The monoisotopic (exact) mass is 252 g/mol. The van der Waals surface area contributed by atoms with Gasteiger partial charge in [-0.05, 0) is 24.3 Å². The molecule has 17 heavy (non-hydrogen) atoms. The van der Waals surface area contributed by atoms with E-state index in [0.717, 1.165) is 0 Å². The van der Waals surface area contributed by atoms with Gasteiger partial charge in [0.25, 0.3) is 0 Å². The van der Waals surface area contributed by atoms with Gasteiger partial charge in [-0.3, -0.25) is 9.69 Å². The van der Waals surface area contributed by atoms with Gasteiger partial charge in [0.1, 0.15) is 5.82 Å². The van der Waals surface area contributed by atoms with Crippen molar-refractivity contribution in [3.8, 4) is 0 Å². The van der Waals surface area contributed by atoms with Crippen molar-refractivity contribution < 1.29 is 14.7 Å². The average Bonchev–Trinajstić information content (AvgIpc) is 2.56. The molecule has 0 aliphatic carbocycles. The number of hydrogen-bond acceptors (Lipinski definition) is 3. The molecular weight excluding hydrogens is 244 g/mol. The second-order valence-electron chi connectivity index (χ2n) is 3.55. The Kier molecular flexibility index (Phi) is 2.77. The number of carboxylic acids is 1. The Labute approximate surface area is 102 Å². The number of rotatable bonds is 2. The summed E-state index contributed by atoms with van der Waals surface area (Å²) in [6, 6.07) is 6.43. The average molecular weight is 253 g/mol. The fourth-order valence-electron chi connectivity index (χ4n) is 1.65. The Hall–Kier alpha value is -2.01. The van der Waals surface area contributed by atoms with Crippen molar-refractivity contribution in [2.45, 2.75) is 6.42 Å². The molecule has 1 aromatic carbocycles. The molecule has 0 fully saturated rings. The lowest BCUT2D eigenvalue weighted by Crippen LogP contribution is -2.28. The van der Waals surface area contributed by atoms with Crippen LogP contribution in [-0.4, -0.2) is 17.0 Å². The van der Waals surface area contributed by atoms with E-state index in [1.807, 2.05) is 0 Å². The minimum atomic E-state index is -1.17. The van der Waals surface area contributed by atoms with Crippen LogP contribution in [0.5, 0.6) is 0 Å². The largest absolute Gasteiger partial charge is 0.478 e. The second kappa shape index (κ2) is 4.10. The third-order valence-corrected chi connectivity index (χ3v) is 2.72. The number of nitrogens with two attached hydrogens (primary N) is 1. The molecule has 1 aliphatic heterocycles. The summed E-state index contributed by atoms with van der Waals surface area (Å²) in [5.41, 5.74) is 6.08. The normalized spacial score (nSPS) is 15.6. The van der Waals surface area contributed by atoms with Crippen molar-refractivity contribution in [1.29, 1.82) is 0 Å². The van der Waals surface area contributed by atoms with Crippen molar-refractivity contribution >= 4 is 29.2 Å². The molecule has 0 atom stereocenters. The van der Waals surface area contributed by atoms with E-state index in [-0.39, 0.29) is 23.7 Å². The van der Waals surface area contributed by atoms with Gasteiger partial charge in [-0.25, -0.2) is 4.79 Å². The first-order chi connectivity index (χ1) is 8.00. The van der Waals surface area contributed by atoms with Crippen LogP contribution in [-0.2, 0) is 9.59 Å². The lowest BCUT2D eigenvalue weighted by atomic mass is 10.2. The van der Waals surface area contributed by atoms with Crippen LogP contribution in [0.3, 0.4) is 0 Å². The number of amides is 1. The zero-order valence-corrected chi connectivity index (χ0v) is 9.44. The fraction of sp³-hybridized carbons (Fsp3) is 0.0909. The van der Waals surface area contributed by atoms with Crippen molar-refractivity contribution in [2.24, 2.45) is 5.73 Å². The molecule has 0 spiro atoms. The molecule has 0 radical (unpaired) electrons. The molecule has 3 N–H and O–H groups in total. The standard InChI is InChI=1S/C11H9ClN2O3/c12-6-1-3-7(4-2-6)14-9(15)5-8(10(14)13)11(16)17/h1-4H,5,13H2,(H,16,17). The van der Waals surface area contributed by atoms with Gasteiger partial charge in [0.2, 0.25) is 5.91 Å². The van der Waals surface area contributed by atoms with Gasteiger partial charge < -0.3 is 10.8 Å². The second-order valence-corrected chi connectivity index (χ2v) is 3.99. The summed E-state index contributed by atoms with van der Waals surface area (Å²) in [4.78, 5) is 23.7. The summed E-state index contributed by atoms with van der Waals surface area (Å²) < 4.78 is 0. The van der Waals surface area contributed by atoms with Gasteiger partial charge in [-0.2, -0.15) is 0 Å². The summed E-state index contributed by atoms with van der Waals surface area (Å²) in [6.07, 6.45) is -0.191. The fourth-order valence-corrected chi connectivity index (χ4v) is 1.77. The topological polar surface area (TPSA) is 83.6 Å². The number of carbonyl (C=O) groups excluding carboxylic acids is 1. The first-order valence-electron chi connectivity index (χ1n) is 4.81. The summed E-state index contributed by atoms with van der Waals surface area (Å²) in [5, 5.41) is 9.40. The SMILES string of the molecule is NC1=C(C(=O)O)CC(=O)N1c1ccc(Cl)cc1. The third-order valence-electron chi connectivity index (χ3n) is 2.47. The Morgan fingerprint density at radius 2 is 1.94 bits per heavy atom. The lowest BCUT2D eigenvalue weighted by molar-refractivity contribution is -0.133. The van der Waals surface area contributed by atoms with Crippen LogP contribution in [0.4, 0.5) is 5.69 Å². The molecule has 0 aromatic heterocycles. The number of carbonyl (C=O) groups is 2. The van der Waals surface area contributed by atoms with Gasteiger partial charge in [-0.15, -0.1) is 0 Å². The van der Waals surface area contributed by atoms with Crippen molar-refractivity contribution in [1.82, 2.24) is 0 Å². The molecule has 2 rings (SSSR count). The highest BCUT2D eigenvalue weighted by atomic mass is 35.5. The molecule has 1 aromatic rings. The van der Waals surface area contributed by atoms with Gasteiger partial charge in [0.15, 0.2) is 0 Å². The molecule has 1 aliphatic rings. The van der Waals surface area contributed by atoms with E-state index >= 15 is 0 Å². The molecule has 1 amide bonds. The minimum absolute atomic E-state index is 0.0372. The van der Waals surface area contributed by atoms with Crippen LogP contribution in [0.15, 0.2) is 35.7 Å². The predicted molar refractivity (Wildman–Crippen MR) is 62.4 cm³/mol. The first-order valence-corrected chi connectivity index (χ1v) is 5.19. The maximum absolute atomic E-state index is 11.7. The van der Waals surface area contributed by atoms with Crippen LogP contribution >= 0.6 is 11.6 Å². The van der Waals surface area contributed by atoms with Crippen LogP contribution in [0.2, 0.25) is 5.02 Å². The highest BCUT2D eigenvalue weighted by Crippen LogP contribution is 2.28. The number of anilines is 1. The lowest BCUT2D eigenvalue weighted by Gasteiger charge is -2.17. The van der Waals surface area contributed by atoms with E-state index in [1.165, 1.54) is 4.90 Å². The van der Waals surface area contributed by atoms with Crippen molar-refractivity contribution in [2.75, 3.05) is 4.90 Å². The Morgan fingerprint density at radius 1 is 1.35 bits per heavy atom. The Balaban J connectivity index is 2.42. The quantitative estimate of drug-likeness (QED) is 0.832. The maximum atomic E-state index is 11.7. The van der Waals surface area contributed by atoms with E-state index in [4.69, 9.17) is 22.4 Å². The van der Waals surface area contributed by atoms with E-state index < -0.39 is 5.97 Å². The van der Waals surface area contributed by atoms with E-state index in [2.05, 4.69) is 0 Å². The number of aliphatic carboxylic acids is 1. The minimum Gasteiger partial charge on any atom is -0.478 e. The number of halogens is 1. The van der Waals surface area contributed by atoms with E-state index in [1.54, 1.807) is 24.3 Å². The van der Waals surface area contributed by atoms with Crippen molar-refractivity contribution in [3.63, 3.8) is 0 Å². The van der Waals surface area contributed by atoms with Crippen LogP contribution in [0.25, 0.3) is 0 Å². The number of hydrogen-bond donors (Lipinski definition) is 2. The molecule has 1 heterocycles. The summed E-state index contributed by atoms with van der Waals surface area (Å²) >= 11 is 5.73. The van der Waals surface area contributed by atoms with Gasteiger partial charge >= 0.3 is 5.97 Å². The Bertz CT molecular complexity index is 522. The van der Waals surface area contributed by atoms with Crippen LogP contribution < -0.4 is 10.6 Å². The van der Waals surface area contributed by atoms with Gasteiger partial charge in [0, 0.05) is 5.02 Å². The molecule has 0 saturated heterocycles. The van der Waals surface area contributed by atoms with Gasteiger partial charge in [-0.1, -0.05) is 11.6 Å². The molecule has 5 nitrogen and oxygen atoms in total. The molecule has 0 bridgehead atoms.